The van der Waals surface area contributed by atoms with E-state index in [9.17, 15) is 23.1 Å². The highest BCUT2D eigenvalue weighted by atomic mass is 79.9. The molecule has 2 amide bonds. The Hall–Kier alpha value is -3.74. The second kappa shape index (κ2) is 15.0. The summed E-state index contributed by atoms with van der Waals surface area (Å²) in [6.45, 7) is -0.279. The quantitative estimate of drug-likeness (QED) is 0.0927. The predicted octanol–water partition coefficient (Wildman–Crippen LogP) is 6.44. The Balaban J connectivity index is 1.36. The van der Waals surface area contributed by atoms with Crippen LogP contribution >= 0.6 is 59.6 Å². The number of aromatic hydroxyl groups is 1. The molecule has 0 bridgehead atoms. The van der Waals surface area contributed by atoms with E-state index in [0.29, 0.717) is 42.2 Å². The first-order valence-corrected chi connectivity index (χ1v) is 18.0. The molecule has 47 heavy (non-hydrogen) atoms. The maximum atomic E-state index is 13.6. The summed E-state index contributed by atoms with van der Waals surface area (Å²) in [5.74, 6) is -0.0227. The van der Waals surface area contributed by atoms with Crippen molar-refractivity contribution < 1.29 is 32.3 Å². The number of carbonyl (C=O) groups is 2. The summed E-state index contributed by atoms with van der Waals surface area (Å²) < 4.78 is 36.1. The second-order valence-electron chi connectivity index (χ2n) is 9.62. The summed E-state index contributed by atoms with van der Waals surface area (Å²) in [6.07, 6.45) is 4.49. The zero-order chi connectivity index (χ0) is 33.7. The van der Waals surface area contributed by atoms with Crippen LogP contribution in [0.1, 0.15) is 16.9 Å². The van der Waals surface area contributed by atoms with E-state index in [4.69, 9.17) is 14.3 Å². The molecule has 1 saturated heterocycles. The van der Waals surface area contributed by atoms with E-state index in [-0.39, 0.29) is 34.9 Å². The van der Waals surface area contributed by atoms with Crippen molar-refractivity contribution in [1.29, 1.82) is 0 Å². The largest absolute Gasteiger partial charge is 0.506 e. The van der Waals surface area contributed by atoms with Crippen LogP contribution in [-0.4, -0.2) is 48.2 Å². The van der Waals surface area contributed by atoms with Gasteiger partial charge < -0.3 is 19.6 Å². The number of nitrogens with one attached hydrogen (secondary N) is 1. The lowest BCUT2D eigenvalue weighted by atomic mass is 10.2. The minimum atomic E-state index is -3.86. The number of nitrogens with two attached hydrogens (primary N) is 1. The van der Waals surface area contributed by atoms with Gasteiger partial charge in [0.15, 0.2) is 11.8 Å². The Labute approximate surface area is 298 Å². The van der Waals surface area contributed by atoms with Crippen molar-refractivity contribution in [3.05, 3.63) is 108 Å². The minimum Gasteiger partial charge on any atom is -0.506 e. The topological polar surface area (TPSA) is 177 Å². The molecule has 0 radical (unpaired) electrons. The molecule has 0 atom stereocenters. The highest BCUT2D eigenvalue weighted by Gasteiger charge is 2.34. The Morgan fingerprint density at radius 2 is 1.81 bits per heavy atom. The summed E-state index contributed by atoms with van der Waals surface area (Å²) in [7, 11) is -3.86. The van der Waals surface area contributed by atoms with Gasteiger partial charge >= 0.3 is 0 Å². The van der Waals surface area contributed by atoms with Gasteiger partial charge in [0.25, 0.3) is 11.8 Å². The fraction of sp³-hybridized carbons (Fsp3) is 0.0667. The van der Waals surface area contributed by atoms with Crippen molar-refractivity contribution in [1.82, 2.24) is 4.90 Å². The molecular weight excluding hydrogens is 846 g/mol. The molecule has 12 nitrogen and oxygen atoms in total. The van der Waals surface area contributed by atoms with Crippen LogP contribution in [0.4, 0.5) is 5.69 Å². The second-order valence-corrected chi connectivity index (χ2v) is 14.9. The summed E-state index contributed by atoms with van der Waals surface area (Å²) in [5.41, 5.74) is 1.26. The van der Waals surface area contributed by atoms with Crippen molar-refractivity contribution in [3.63, 3.8) is 0 Å². The number of halogens is 3. The van der Waals surface area contributed by atoms with Crippen LogP contribution in [0.2, 0.25) is 0 Å². The van der Waals surface area contributed by atoms with Crippen molar-refractivity contribution in [2.45, 2.75) is 11.4 Å². The van der Waals surface area contributed by atoms with E-state index in [0.717, 1.165) is 16.2 Å². The number of anilines is 1. The lowest BCUT2D eigenvalue weighted by molar-refractivity contribution is -0.122. The zero-order valence-corrected chi connectivity index (χ0v) is 30.2. The number of rotatable bonds is 10. The first-order chi connectivity index (χ1) is 22.4. The molecule has 1 aliphatic rings. The summed E-state index contributed by atoms with van der Waals surface area (Å²) >= 11 is 11.2. The molecule has 5 rings (SSSR count). The molecule has 4 aromatic rings. The molecule has 17 heteroatoms. The monoisotopic (exact) mass is 865 g/mol. The first kappa shape index (κ1) is 34.6. The number of thioether (sulfide) groups is 1. The number of hydrogen-bond donors (Lipinski definition) is 3. The van der Waals surface area contributed by atoms with Crippen molar-refractivity contribution in [3.8, 4) is 11.5 Å². The van der Waals surface area contributed by atoms with Crippen LogP contribution < -0.4 is 15.2 Å². The molecule has 0 spiro atoms. The normalized spacial score (nSPS) is 15.2. The highest BCUT2D eigenvalue weighted by molar-refractivity contribution is 9.11. The molecule has 3 aromatic carbocycles. The fourth-order valence-corrected chi connectivity index (χ4v) is 7.16. The highest BCUT2D eigenvalue weighted by Crippen LogP contribution is 2.36. The number of sulfonamides is 1. The van der Waals surface area contributed by atoms with Crippen LogP contribution in [0.25, 0.3) is 6.08 Å². The van der Waals surface area contributed by atoms with Crippen LogP contribution in [0.5, 0.6) is 11.5 Å². The third kappa shape index (κ3) is 9.00. The number of phenolic OH excluding ortho intramolecular Hbond substituents is 1. The lowest BCUT2D eigenvalue weighted by Crippen LogP contribution is -2.28. The maximum absolute atomic E-state index is 13.6. The molecule has 0 saturated carbocycles. The Bertz CT molecular complexity index is 2040. The number of benzene rings is 3. The number of carbonyl (C=O) groups excluding carboxylic acids is 2. The zero-order valence-electron chi connectivity index (χ0n) is 23.8. The summed E-state index contributed by atoms with van der Waals surface area (Å²) in [4.78, 5) is 27.9. The molecule has 1 aliphatic heterocycles. The van der Waals surface area contributed by atoms with E-state index < -0.39 is 15.9 Å². The number of furan rings is 1. The number of ether oxygens (including phenoxy) is 1. The number of nitrogens with zero attached hydrogens (tertiary/aromatic N) is 3. The van der Waals surface area contributed by atoms with Crippen molar-refractivity contribution in [2.75, 3.05) is 11.9 Å². The predicted molar refractivity (Wildman–Crippen MR) is 189 cm³/mol. The number of amidine groups is 1. The van der Waals surface area contributed by atoms with Gasteiger partial charge in [-0.25, -0.2) is 13.6 Å². The third-order valence-corrected chi connectivity index (χ3v) is 9.75. The standard InChI is InChI=1S/C30H22Br3N5O7S2/c31-19-3-8-25(45-16-27(39)36-21-4-6-23(7-5-21)47(34,42)43)17(10-19)12-26-29(41)38(15-22-2-1-9-44-22)30(46-26)37-35-14-18-11-20(32)13-24(33)28(18)40/h1-14,40H,15-16H2,(H,36,39)(H2,34,42,43)/b26-12-,35-14+,37-30-. The van der Waals surface area contributed by atoms with Crippen LogP contribution in [0.3, 0.4) is 0 Å². The Kier molecular flexibility index (Phi) is 11.0. The van der Waals surface area contributed by atoms with Gasteiger partial charge in [-0.3, -0.25) is 14.5 Å². The van der Waals surface area contributed by atoms with E-state index >= 15 is 0 Å². The van der Waals surface area contributed by atoms with Gasteiger partial charge in [-0.15, -0.1) is 5.10 Å². The Morgan fingerprint density at radius 3 is 2.51 bits per heavy atom. The number of hydrogen-bond acceptors (Lipinski definition) is 10. The van der Waals surface area contributed by atoms with Crippen molar-refractivity contribution >= 4 is 105 Å². The average molecular weight is 868 g/mol. The van der Waals surface area contributed by atoms with Crippen LogP contribution in [0.15, 0.2) is 111 Å². The molecular formula is C30H22Br3N5O7S2. The van der Waals surface area contributed by atoms with Gasteiger partial charge in [0, 0.05) is 25.8 Å². The van der Waals surface area contributed by atoms with E-state index in [1.54, 1.807) is 48.5 Å². The molecule has 2 heterocycles. The van der Waals surface area contributed by atoms with Gasteiger partial charge in [-0.1, -0.05) is 31.9 Å². The number of phenols is 1. The van der Waals surface area contributed by atoms with E-state index in [1.807, 2.05) is 0 Å². The van der Waals surface area contributed by atoms with Crippen LogP contribution in [-0.2, 0) is 26.2 Å². The maximum Gasteiger partial charge on any atom is 0.267 e. The van der Waals surface area contributed by atoms with Gasteiger partial charge in [0.2, 0.25) is 10.0 Å². The minimum absolute atomic E-state index is 0.0175. The lowest BCUT2D eigenvalue weighted by Gasteiger charge is -2.13. The molecule has 0 unspecified atom stereocenters. The number of amides is 2. The fourth-order valence-electron chi connectivity index (χ4n) is 4.08. The molecule has 1 aromatic heterocycles. The van der Waals surface area contributed by atoms with Gasteiger partial charge in [-0.2, -0.15) is 5.10 Å². The van der Waals surface area contributed by atoms with Gasteiger partial charge in [-0.05, 0) is 100 Å². The van der Waals surface area contributed by atoms with E-state index in [2.05, 4.69) is 63.3 Å². The third-order valence-electron chi connectivity index (χ3n) is 6.26. The Morgan fingerprint density at radius 1 is 1.06 bits per heavy atom. The van der Waals surface area contributed by atoms with Gasteiger partial charge in [0.1, 0.15) is 17.3 Å². The molecule has 1 fully saturated rings. The number of primary sulfonamides is 1. The van der Waals surface area contributed by atoms with Gasteiger partial charge in [0.05, 0.1) is 33.3 Å². The smallest absolute Gasteiger partial charge is 0.267 e. The molecule has 4 N–H and O–H groups in total. The van der Waals surface area contributed by atoms with Crippen LogP contribution in [0, 0.1) is 0 Å². The summed E-state index contributed by atoms with van der Waals surface area (Å²) in [5, 5.41) is 26.8. The molecule has 242 valence electrons. The molecule has 0 aliphatic carbocycles. The average Bonchev–Trinajstić information content (AvgIpc) is 3.63. The SMILES string of the molecule is NS(=O)(=O)c1ccc(NC(=O)COc2ccc(Br)cc2/C=C2\S/C(=N\N=C\c3cc(Br)cc(Br)c3O)N(Cc3ccco3)C2=O)cc1. The van der Waals surface area contributed by atoms with Crippen molar-refractivity contribution in [2.24, 2.45) is 15.3 Å². The van der Waals surface area contributed by atoms with E-state index in [1.165, 1.54) is 41.6 Å². The first-order valence-electron chi connectivity index (χ1n) is 13.3. The summed E-state index contributed by atoms with van der Waals surface area (Å²) in [6, 6.07) is 17.3.